The molecule has 218 valence electrons. The van der Waals surface area contributed by atoms with Gasteiger partial charge in [-0.25, -0.2) is 0 Å². The van der Waals surface area contributed by atoms with Gasteiger partial charge in [-0.05, 0) is 50.2 Å². The van der Waals surface area contributed by atoms with E-state index in [1.807, 2.05) is 63.3 Å². The topological polar surface area (TPSA) is 137 Å². The maximum Gasteiger partial charge on any atom is 0.237 e. The van der Waals surface area contributed by atoms with E-state index in [1.54, 1.807) is 6.92 Å². The van der Waals surface area contributed by atoms with Crippen molar-refractivity contribution in [1.29, 1.82) is 0 Å². The zero-order chi connectivity index (χ0) is 29.1. The van der Waals surface area contributed by atoms with Gasteiger partial charge in [-0.2, -0.15) is 0 Å². The summed E-state index contributed by atoms with van der Waals surface area (Å²) >= 11 is 0. The number of epoxide rings is 1. The summed E-state index contributed by atoms with van der Waals surface area (Å²) < 4.78 is 13.1. The van der Waals surface area contributed by atoms with Crippen molar-refractivity contribution < 1.29 is 34.1 Å². The summed E-state index contributed by atoms with van der Waals surface area (Å²) in [4.78, 5) is 41.6. The number of allylic oxidation sites excluding steroid dienone is 2. The summed E-state index contributed by atoms with van der Waals surface area (Å²) in [5, 5.41) is 29.2. The number of carbonyl (C=O) groups is 3. The van der Waals surface area contributed by atoms with E-state index in [9.17, 15) is 24.6 Å². The summed E-state index contributed by atoms with van der Waals surface area (Å²) in [7, 11) is 0. The van der Waals surface area contributed by atoms with Crippen LogP contribution in [0.25, 0.3) is 0 Å². The predicted molar refractivity (Wildman–Crippen MR) is 148 cm³/mol. The van der Waals surface area contributed by atoms with Gasteiger partial charge in [-0.15, -0.1) is 0 Å². The van der Waals surface area contributed by atoms with Crippen LogP contribution in [0.15, 0.2) is 48.1 Å². The summed E-state index contributed by atoms with van der Waals surface area (Å²) in [6, 6.07) is 7.90. The smallest absolute Gasteiger partial charge is 0.237 e. The number of carbonyl (C=O) groups excluding carboxylic acids is 3. The zero-order valence-corrected chi connectivity index (χ0v) is 23.8. The number of rotatable bonds is 2. The molecule has 4 heterocycles. The monoisotopic (exact) mass is 562 g/mol. The number of aliphatic hydroxyl groups excluding tert-OH is 2. The fourth-order valence-corrected chi connectivity index (χ4v) is 8.96. The van der Waals surface area contributed by atoms with Crippen LogP contribution in [-0.4, -0.2) is 57.4 Å². The quantitative estimate of drug-likeness (QED) is 0.245. The number of aliphatic hydroxyl groups is 2. The molecule has 9 nitrogen and oxygen atoms in total. The van der Waals surface area contributed by atoms with E-state index in [4.69, 9.17) is 9.47 Å². The maximum atomic E-state index is 14.4. The van der Waals surface area contributed by atoms with Crippen LogP contribution in [0.3, 0.4) is 0 Å². The molecule has 3 saturated heterocycles. The highest BCUT2D eigenvalue weighted by Crippen LogP contribution is 2.71. The van der Waals surface area contributed by atoms with Crippen LogP contribution in [0.4, 0.5) is 5.69 Å². The molecule has 6 aliphatic rings. The van der Waals surface area contributed by atoms with Crippen molar-refractivity contribution >= 4 is 23.2 Å². The van der Waals surface area contributed by atoms with E-state index < -0.39 is 58.1 Å². The van der Waals surface area contributed by atoms with Crippen molar-refractivity contribution in [3.8, 4) is 0 Å². The minimum Gasteiger partial charge on any atom is -0.389 e. The molecular formula is C32H38N2O7. The predicted octanol–water partition coefficient (Wildman–Crippen LogP) is 2.72. The number of Topliss-reactive ketones (excluding diaryl/α,β-unsaturated/α-hetero) is 2. The molecule has 1 aromatic carbocycles. The van der Waals surface area contributed by atoms with E-state index >= 15 is 0 Å². The first kappa shape index (κ1) is 27.0. The Labute approximate surface area is 239 Å². The van der Waals surface area contributed by atoms with Gasteiger partial charge in [-0.3, -0.25) is 14.4 Å². The average Bonchev–Trinajstić information content (AvgIpc) is 3.35. The first-order valence-electron chi connectivity index (χ1n) is 14.8. The van der Waals surface area contributed by atoms with Gasteiger partial charge in [0.1, 0.15) is 28.6 Å². The highest BCUT2D eigenvalue weighted by molar-refractivity contribution is 6.10. The molecule has 9 heteroatoms. The van der Waals surface area contributed by atoms with Gasteiger partial charge in [0.05, 0.1) is 11.7 Å². The lowest BCUT2D eigenvalue weighted by molar-refractivity contribution is -0.194. The second-order valence-electron chi connectivity index (χ2n) is 13.3. The Balaban J connectivity index is 1.35. The summed E-state index contributed by atoms with van der Waals surface area (Å²) in [5.74, 6) is -3.07. The van der Waals surface area contributed by atoms with Crippen LogP contribution >= 0.6 is 0 Å². The number of benzene rings is 1. The molecule has 1 saturated carbocycles. The summed E-state index contributed by atoms with van der Waals surface area (Å²) in [5.41, 5.74) is -2.24. The number of nitrogens with one attached hydrogen (secondary N) is 2. The lowest BCUT2D eigenvalue weighted by Crippen LogP contribution is -2.64. The van der Waals surface area contributed by atoms with Crippen molar-refractivity contribution in [2.75, 3.05) is 5.32 Å². The second kappa shape index (κ2) is 8.60. The first-order chi connectivity index (χ1) is 19.4. The molecule has 4 aliphatic heterocycles. The third-order valence-electron chi connectivity index (χ3n) is 11.0. The molecule has 2 unspecified atom stereocenters. The van der Waals surface area contributed by atoms with Crippen molar-refractivity contribution in [2.45, 2.75) is 88.7 Å². The molecule has 4 fully saturated rings. The number of anilines is 1. The van der Waals surface area contributed by atoms with Crippen LogP contribution in [0.1, 0.15) is 58.9 Å². The number of hydrogen-bond acceptors (Lipinski definition) is 8. The lowest BCUT2D eigenvalue weighted by Gasteiger charge is -2.50. The van der Waals surface area contributed by atoms with Crippen LogP contribution < -0.4 is 10.6 Å². The molecule has 7 rings (SSSR count). The summed E-state index contributed by atoms with van der Waals surface area (Å²) in [6.07, 6.45) is 3.34. The number of para-hydroxylation sites is 1. The van der Waals surface area contributed by atoms with Gasteiger partial charge in [0.2, 0.25) is 5.91 Å². The van der Waals surface area contributed by atoms with Crippen LogP contribution in [0.2, 0.25) is 0 Å². The number of amides is 1. The number of ether oxygens (including phenoxy) is 2. The molecule has 1 spiro atoms. The molecule has 2 aliphatic carbocycles. The fraction of sp³-hybridized carbons (Fsp3) is 0.594. The van der Waals surface area contributed by atoms with Gasteiger partial charge in [-0.1, -0.05) is 50.3 Å². The third kappa shape index (κ3) is 3.34. The second-order valence-corrected chi connectivity index (χ2v) is 13.3. The standard InChI is InChI=1S/C32H38N2O7/c1-16-8-7-10-20-26(38)29(4)18(3)25-31(41-29,15-30-19-9-5-6-11-21(19)33-28(30)40-30)34-27(39)32(20,25)23(36)13-12-22(35)24(37)17(2)14-16/h5-7,9-11,14,16,18,20,22,25-26,28,33,35,38H,8,12-13,15H2,1-4H3,(H,34,39)/t16-,18-,20-,22-,25-,26-,28?,29-,30?,31+,32+/m0/s1. The van der Waals surface area contributed by atoms with E-state index in [1.165, 1.54) is 0 Å². The molecule has 1 amide bonds. The van der Waals surface area contributed by atoms with Gasteiger partial charge in [0.15, 0.2) is 12.0 Å². The minimum atomic E-state index is -1.62. The van der Waals surface area contributed by atoms with E-state index in [0.29, 0.717) is 12.0 Å². The number of ketones is 2. The van der Waals surface area contributed by atoms with Gasteiger partial charge in [0.25, 0.3) is 0 Å². The Morgan fingerprint density at radius 3 is 2.66 bits per heavy atom. The third-order valence-corrected chi connectivity index (χ3v) is 11.0. The van der Waals surface area contributed by atoms with Crippen LogP contribution in [-0.2, 0) is 29.5 Å². The Morgan fingerprint density at radius 2 is 1.88 bits per heavy atom. The minimum absolute atomic E-state index is 0.0208. The van der Waals surface area contributed by atoms with Crippen molar-refractivity contribution in [1.82, 2.24) is 5.32 Å². The van der Waals surface area contributed by atoms with Crippen molar-refractivity contribution in [2.24, 2.45) is 29.1 Å². The Hall–Kier alpha value is -2.85. The maximum absolute atomic E-state index is 14.4. The Morgan fingerprint density at radius 1 is 1.12 bits per heavy atom. The SMILES string of the molecule is CC1=C[C@@H](C)CC=C[C@H]2[C@H](O)[C@@]3(C)O[C@@]4(CC56OC5Nc5ccccc56)NC(=O)[C@]2(C(=O)CC[C@H](O)C1=O)[C@H]4[C@@H]3C. The Kier molecular flexibility index (Phi) is 5.66. The Bertz CT molecular complexity index is 1420. The molecular weight excluding hydrogens is 524 g/mol. The molecule has 4 N–H and O–H groups in total. The molecule has 11 atom stereocenters. The number of hydrogen-bond donors (Lipinski definition) is 4. The van der Waals surface area contributed by atoms with E-state index in [2.05, 4.69) is 10.6 Å². The first-order valence-corrected chi connectivity index (χ1v) is 14.8. The fourth-order valence-electron chi connectivity index (χ4n) is 8.96. The molecule has 41 heavy (non-hydrogen) atoms. The molecule has 0 radical (unpaired) electrons. The van der Waals surface area contributed by atoms with Crippen LogP contribution in [0, 0.1) is 29.1 Å². The zero-order valence-electron chi connectivity index (χ0n) is 23.8. The highest BCUT2D eigenvalue weighted by atomic mass is 16.6. The lowest BCUT2D eigenvalue weighted by atomic mass is 9.50. The largest absolute Gasteiger partial charge is 0.389 e. The van der Waals surface area contributed by atoms with Gasteiger partial charge in [0, 0.05) is 35.9 Å². The summed E-state index contributed by atoms with van der Waals surface area (Å²) in [6.45, 7) is 7.46. The normalized spacial score (nSPS) is 48.1. The van der Waals surface area contributed by atoms with Gasteiger partial charge < -0.3 is 30.3 Å². The molecule has 1 aromatic rings. The average molecular weight is 563 g/mol. The molecule has 2 bridgehead atoms. The van der Waals surface area contributed by atoms with Crippen molar-refractivity contribution in [3.05, 3.63) is 53.6 Å². The van der Waals surface area contributed by atoms with E-state index in [-0.39, 0.29) is 43.1 Å². The van der Waals surface area contributed by atoms with Crippen molar-refractivity contribution in [3.63, 3.8) is 0 Å². The number of fused-ring (bicyclic) bond motifs is 4. The highest BCUT2D eigenvalue weighted by Gasteiger charge is 2.84. The van der Waals surface area contributed by atoms with Crippen LogP contribution in [0.5, 0.6) is 0 Å². The molecule has 0 aromatic heterocycles. The van der Waals surface area contributed by atoms with Gasteiger partial charge >= 0.3 is 0 Å². The van der Waals surface area contributed by atoms with E-state index in [0.717, 1.165) is 11.3 Å².